The molecule has 0 saturated heterocycles. The van der Waals surface area contributed by atoms with E-state index in [2.05, 4.69) is 66.4 Å². The van der Waals surface area contributed by atoms with Gasteiger partial charge in [0.15, 0.2) is 34.5 Å². The lowest BCUT2D eigenvalue weighted by molar-refractivity contribution is -0.0517. The Hall–Kier alpha value is -7.48. The van der Waals surface area contributed by atoms with Gasteiger partial charge in [-0.1, -0.05) is 36.4 Å². The van der Waals surface area contributed by atoms with Crippen molar-refractivity contribution in [2.75, 3.05) is 55.6 Å². The summed E-state index contributed by atoms with van der Waals surface area (Å²) in [5.74, 6) is 5.68. The molecule has 72 heavy (non-hydrogen) atoms. The van der Waals surface area contributed by atoms with Gasteiger partial charge in [0, 0.05) is 54.7 Å². The highest BCUT2D eigenvalue weighted by molar-refractivity contribution is 5.89. The molecule has 6 aromatic carbocycles. The second-order valence-corrected chi connectivity index (χ2v) is 19.4. The third-order valence-electron chi connectivity index (χ3n) is 14.5. The number of carbonyl (C=O) groups is 1. The first-order chi connectivity index (χ1) is 34.8. The maximum Gasteiger partial charge on any atom is 0.338 e. The number of carbonyl (C=O) groups excluding carboxylic acids is 1. The zero-order chi connectivity index (χ0) is 50.3. The molecule has 7 aromatic rings. The highest BCUT2D eigenvalue weighted by Crippen LogP contribution is 2.52. The van der Waals surface area contributed by atoms with E-state index in [4.69, 9.17) is 42.3 Å². The normalized spacial score (nSPS) is 18.1. The van der Waals surface area contributed by atoms with Crippen molar-refractivity contribution in [2.24, 2.45) is 0 Å². The second kappa shape index (κ2) is 20.0. The highest BCUT2D eigenvalue weighted by atomic mass is 16.6. The molecule has 1 aromatic heterocycles. The average molecular weight is 973 g/mol. The van der Waals surface area contributed by atoms with Gasteiger partial charge in [0.05, 0.1) is 34.0 Å². The largest absolute Gasteiger partial charge is 0.493 e. The van der Waals surface area contributed by atoms with Crippen LogP contribution in [0.1, 0.15) is 75.2 Å². The molecule has 13 nitrogen and oxygen atoms in total. The molecule has 372 valence electrons. The van der Waals surface area contributed by atoms with E-state index in [1.54, 1.807) is 64.8 Å². The molecular weight excluding hydrogens is 913 g/mol. The lowest BCUT2D eigenvalue weighted by Crippen LogP contribution is -2.43. The van der Waals surface area contributed by atoms with E-state index in [1.807, 2.05) is 44.2 Å². The van der Waals surface area contributed by atoms with Gasteiger partial charge in [-0.15, -0.1) is 0 Å². The summed E-state index contributed by atoms with van der Waals surface area (Å²) in [6.45, 7) is 5.53. The molecule has 5 aliphatic rings. The van der Waals surface area contributed by atoms with E-state index in [0.717, 1.165) is 66.6 Å². The van der Waals surface area contributed by atoms with Crippen molar-refractivity contribution < 1.29 is 47.1 Å². The Morgan fingerprint density at radius 2 is 1.31 bits per heavy atom. The minimum absolute atomic E-state index is 0.000437. The fourth-order valence-electron chi connectivity index (χ4n) is 10.4. The quantitative estimate of drug-likeness (QED) is 0.111. The van der Waals surface area contributed by atoms with Gasteiger partial charge in [-0.05, 0) is 154 Å². The molecule has 5 aliphatic heterocycles. The maximum absolute atomic E-state index is 12.4. The molecule has 6 heterocycles. The van der Waals surface area contributed by atoms with Crippen LogP contribution in [0.3, 0.4) is 0 Å². The second-order valence-electron chi connectivity index (χ2n) is 19.4. The van der Waals surface area contributed by atoms with Gasteiger partial charge in [0.25, 0.3) is 0 Å². The topological polar surface area (TPSA) is 128 Å². The molecular formula is C59H60N2O11. The van der Waals surface area contributed by atoms with Gasteiger partial charge < -0.3 is 42.3 Å². The Labute approximate surface area is 419 Å². The van der Waals surface area contributed by atoms with Gasteiger partial charge >= 0.3 is 11.6 Å². The third kappa shape index (κ3) is 9.54. The number of fused-ring (bicyclic) bond motifs is 4. The number of hydrogen-bond acceptors (Lipinski definition) is 13. The van der Waals surface area contributed by atoms with Gasteiger partial charge in [0.2, 0.25) is 5.75 Å². The average Bonchev–Trinajstić information content (AvgIpc) is 3.82. The van der Waals surface area contributed by atoms with Crippen LogP contribution in [-0.2, 0) is 36.8 Å². The summed E-state index contributed by atoms with van der Waals surface area (Å²) in [6, 6.07) is 36.9. The first-order valence-corrected chi connectivity index (χ1v) is 24.3. The van der Waals surface area contributed by atoms with E-state index >= 15 is 0 Å². The van der Waals surface area contributed by atoms with Crippen LogP contribution >= 0.6 is 0 Å². The van der Waals surface area contributed by atoms with Crippen molar-refractivity contribution in [1.29, 1.82) is 0 Å². The molecule has 12 rings (SSSR count). The standard InChI is InChI=1S/C38H42N2O6.C21H18O5/c1-39-15-13-25-20-32(42-4)34-22-28(25)29(39)17-23-7-10-27(11-8-23)45-33-19-24(9-12-31(33)41-3)18-30-36-26(14-16-40(30)2)21-35(43-5)37(44-6)38(36)46-34;1-21(2,26-20(23)13-6-4-3-5-7-13)18-11-15-10-14-8-9-19(22)25-16(14)12-17(15)24-18/h7-12,19-22,29-30H,13-18H2,1-6H3;3-10,12,18H,11H2,1-2H3. The number of rotatable bonds is 7. The monoisotopic (exact) mass is 972 g/mol. The first-order valence-electron chi connectivity index (χ1n) is 24.3. The van der Waals surface area contributed by atoms with Crippen molar-refractivity contribution in [3.63, 3.8) is 0 Å². The molecule has 3 atom stereocenters. The van der Waals surface area contributed by atoms with Crippen LogP contribution < -0.4 is 38.8 Å². The Morgan fingerprint density at radius 3 is 2.04 bits per heavy atom. The molecule has 0 saturated carbocycles. The summed E-state index contributed by atoms with van der Waals surface area (Å²) >= 11 is 0. The van der Waals surface area contributed by atoms with E-state index in [-0.39, 0.29) is 24.2 Å². The van der Waals surface area contributed by atoms with Crippen molar-refractivity contribution in [2.45, 2.75) is 69.7 Å². The van der Waals surface area contributed by atoms with Crippen LogP contribution in [0, 0.1) is 0 Å². The molecule has 3 unspecified atom stereocenters. The number of benzene rings is 6. The number of nitrogens with zero attached hydrogens (tertiary/aromatic N) is 2. The highest BCUT2D eigenvalue weighted by Gasteiger charge is 2.40. The predicted octanol–water partition coefficient (Wildman–Crippen LogP) is 10.9. The minimum Gasteiger partial charge on any atom is -0.493 e. The molecule has 0 spiro atoms. The Bertz CT molecular complexity index is 3200. The molecule has 13 heteroatoms. The van der Waals surface area contributed by atoms with Gasteiger partial charge in [-0.3, -0.25) is 9.80 Å². The van der Waals surface area contributed by atoms with Crippen LogP contribution in [-0.4, -0.2) is 83.1 Å². The lowest BCUT2D eigenvalue weighted by Gasteiger charge is -2.37. The summed E-state index contributed by atoms with van der Waals surface area (Å²) in [6.07, 6.45) is 3.66. The molecule has 6 bridgehead atoms. The summed E-state index contributed by atoms with van der Waals surface area (Å²) in [5, 5.41) is 0.840. The van der Waals surface area contributed by atoms with E-state index in [0.29, 0.717) is 63.6 Å². The zero-order valence-electron chi connectivity index (χ0n) is 42.0. The van der Waals surface area contributed by atoms with Crippen molar-refractivity contribution in [3.05, 3.63) is 170 Å². The smallest absolute Gasteiger partial charge is 0.338 e. The van der Waals surface area contributed by atoms with Gasteiger partial charge in [0.1, 0.15) is 28.8 Å². The lowest BCUT2D eigenvalue weighted by atomic mass is 9.87. The van der Waals surface area contributed by atoms with E-state index < -0.39 is 11.2 Å². The fourth-order valence-corrected chi connectivity index (χ4v) is 10.4. The maximum atomic E-state index is 12.4. The van der Waals surface area contributed by atoms with Crippen LogP contribution in [0.5, 0.6) is 51.7 Å². The Balaban J connectivity index is 0.000000194. The number of ether oxygens (including phenoxy) is 8. The molecule has 0 fully saturated rings. The Kier molecular flexibility index (Phi) is 13.4. The number of esters is 1. The summed E-state index contributed by atoms with van der Waals surface area (Å²) in [4.78, 5) is 28.6. The summed E-state index contributed by atoms with van der Waals surface area (Å²) in [5.41, 5.74) is 7.92. The van der Waals surface area contributed by atoms with E-state index in [9.17, 15) is 9.59 Å². The zero-order valence-corrected chi connectivity index (χ0v) is 42.0. The SMILES string of the molecule is CC(C)(OC(=O)c1ccccc1)C1Cc2cc3ccc(=O)oc3cc2O1.COc1ccc2cc1Oc1ccc(cc1)CC1c3cc(c(OC)cc3CCN1C)Oc1c(OC)c(OC)cc3c1C(C2)N(C)CC3. The minimum atomic E-state index is -0.820. The van der Waals surface area contributed by atoms with Gasteiger partial charge in [-0.25, -0.2) is 9.59 Å². The molecule has 0 amide bonds. The van der Waals surface area contributed by atoms with Crippen molar-refractivity contribution in [1.82, 2.24) is 9.80 Å². The molecule has 0 radical (unpaired) electrons. The van der Waals surface area contributed by atoms with Crippen LogP contribution in [0.25, 0.3) is 11.0 Å². The molecule has 0 N–H and O–H groups in total. The summed E-state index contributed by atoms with van der Waals surface area (Å²) < 4.78 is 54.0. The van der Waals surface area contributed by atoms with Crippen LogP contribution in [0.4, 0.5) is 0 Å². The van der Waals surface area contributed by atoms with Gasteiger partial charge in [-0.2, -0.15) is 0 Å². The van der Waals surface area contributed by atoms with Crippen molar-refractivity contribution >= 4 is 16.9 Å². The fraction of sp³-hybridized carbons (Fsp3) is 0.322. The predicted molar refractivity (Wildman–Crippen MR) is 274 cm³/mol. The van der Waals surface area contributed by atoms with Crippen LogP contribution in [0.2, 0.25) is 0 Å². The van der Waals surface area contributed by atoms with E-state index in [1.165, 1.54) is 28.3 Å². The van der Waals surface area contributed by atoms with Crippen molar-refractivity contribution in [3.8, 4) is 51.7 Å². The summed E-state index contributed by atoms with van der Waals surface area (Å²) in [7, 11) is 11.1. The molecule has 0 aliphatic carbocycles. The number of methoxy groups -OCH3 is 4. The van der Waals surface area contributed by atoms with Crippen LogP contribution in [0.15, 0.2) is 124 Å². The number of likely N-dealkylation sites (N-methyl/N-ethyl adjacent to an activating group) is 2. The first kappa shape index (κ1) is 48.2. The third-order valence-corrected chi connectivity index (χ3v) is 14.5. The number of hydrogen-bond donors (Lipinski definition) is 0. The Morgan fingerprint density at radius 1 is 0.625 bits per heavy atom.